The molecule has 6 heteroatoms. The maximum atomic E-state index is 12.4. The van der Waals surface area contributed by atoms with Crippen LogP contribution in [0.25, 0.3) is 22.4 Å². The first kappa shape index (κ1) is 16.4. The van der Waals surface area contributed by atoms with Crippen molar-refractivity contribution in [3.8, 4) is 22.9 Å². The van der Waals surface area contributed by atoms with E-state index in [0.29, 0.717) is 36.0 Å². The number of aromatic nitrogens is 2. The molecular weight excluding hydrogens is 354 g/mol. The summed E-state index contributed by atoms with van der Waals surface area (Å²) in [5.74, 6) is 2.00. The van der Waals surface area contributed by atoms with Gasteiger partial charge in [-0.15, -0.1) is 0 Å². The quantitative estimate of drug-likeness (QED) is 0.564. The Morgan fingerprint density at radius 2 is 1.71 bits per heavy atom. The lowest BCUT2D eigenvalue weighted by atomic mass is 10.1. The smallest absolute Gasteiger partial charge is 0.255 e. The standard InChI is InChI=1S/C22H17N3O3/c26-22(14-5-2-1-3-6-14)23-16-8-4-7-15(11-16)21-24-17-12-19-20(13-18(17)25-21)28-10-9-27-19/h1-8,11-13H,9-10H2,(H,23,26)(H,24,25). The Kier molecular flexibility index (Phi) is 3.94. The Morgan fingerprint density at radius 1 is 0.929 bits per heavy atom. The van der Waals surface area contributed by atoms with E-state index in [2.05, 4.69) is 15.3 Å². The average molecular weight is 371 g/mol. The number of carbonyl (C=O) groups excluding carboxylic acids is 1. The van der Waals surface area contributed by atoms with E-state index in [0.717, 1.165) is 22.3 Å². The zero-order valence-electron chi connectivity index (χ0n) is 14.9. The van der Waals surface area contributed by atoms with Crippen molar-refractivity contribution in [2.75, 3.05) is 18.5 Å². The highest BCUT2D eigenvalue weighted by atomic mass is 16.6. The van der Waals surface area contributed by atoms with Gasteiger partial charge in [0, 0.05) is 28.9 Å². The normalized spacial score (nSPS) is 12.7. The van der Waals surface area contributed by atoms with Gasteiger partial charge in [-0.3, -0.25) is 4.79 Å². The summed E-state index contributed by atoms with van der Waals surface area (Å²) in [4.78, 5) is 20.4. The van der Waals surface area contributed by atoms with Crippen LogP contribution in [0.5, 0.6) is 11.5 Å². The van der Waals surface area contributed by atoms with Gasteiger partial charge >= 0.3 is 0 Å². The van der Waals surface area contributed by atoms with Crippen LogP contribution < -0.4 is 14.8 Å². The molecule has 0 fully saturated rings. The molecule has 4 aromatic rings. The molecule has 3 aromatic carbocycles. The summed E-state index contributed by atoms with van der Waals surface area (Å²) in [7, 11) is 0. The van der Waals surface area contributed by atoms with Gasteiger partial charge < -0.3 is 19.8 Å². The largest absolute Gasteiger partial charge is 0.486 e. The van der Waals surface area contributed by atoms with Crippen molar-refractivity contribution in [1.82, 2.24) is 9.97 Å². The number of aromatic amines is 1. The van der Waals surface area contributed by atoms with Crippen LogP contribution in [0.4, 0.5) is 5.69 Å². The Balaban J connectivity index is 1.45. The number of nitrogens with zero attached hydrogens (tertiary/aromatic N) is 1. The van der Waals surface area contributed by atoms with E-state index in [1.807, 2.05) is 54.6 Å². The Morgan fingerprint density at radius 3 is 2.54 bits per heavy atom. The molecule has 0 saturated heterocycles. The van der Waals surface area contributed by atoms with Gasteiger partial charge in [-0.25, -0.2) is 4.98 Å². The van der Waals surface area contributed by atoms with Gasteiger partial charge in [0.25, 0.3) is 5.91 Å². The molecule has 6 nitrogen and oxygen atoms in total. The van der Waals surface area contributed by atoms with E-state index in [9.17, 15) is 4.79 Å². The summed E-state index contributed by atoms with van der Waals surface area (Å²) in [5, 5.41) is 2.93. The average Bonchev–Trinajstić information content (AvgIpc) is 3.16. The SMILES string of the molecule is O=C(Nc1cccc(-c2nc3cc4c(cc3[nH]2)OCCO4)c1)c1ccccc1. The minimum absolute atomic E-state index is 0.149. The van der Waals surface area contributed by atoms with Crippen molar-refractivity contribution < 1.29 is 14.3 Å². The molecule has 2 heterocycles. The Bertz CT molecular complexity index is 1130. The molecule has 1 amide bonds. The Hall–Kier alpha value is -3.80. The van der Waals surface area contributed by atoms with Gasteiger partial charge in [0.2, 0.25) is 0 Å². The molecule has 28 heavy (non-hydrogen) atoms. The number of amides is 1. The molecule has 138 valence electrons. The van der Waals surface area contributed by atoms with Gasteiger partial charge in [-0.1, -0.05) is 30.3 Å². The highest BCUT2D eigenvalue weighted by Crippen LogP contribution is 2.35. The first-order valence-electron chi connectivity index (χ1n) is 9.02. The second-order valence-corrected chi connectivity index (χ2v) is 6.50. The van der Waals surface area contributed by atoms with E-state index in [4.69, 9.17) is 9.47 Å². The van der Waals surface area contributed by atoms with Crippen molar-refractivity contribution in [3.05, 3.63) is 72.3 Å². The van der Waals surface area contributed by atoms with Crippen molar-refractivity contribution in [1.29, 1.82) is 0 Å². The monoisotopic (exact) mass is 371 g/mol. The van der Waals surface area contributed by atoms with Gasteiger partial charge in [-0.2, -0.15) is 0 Å². The summed E-state index contributed by atoms with van der Waals surface area (Å²) < 4.78 is 11.3. The van der Waals surface area contributed by atoms with Crippen LogP contribution >= 0.6 is 0 Å². The zero-order valence-corrected chi connectivity index (χ0v) is 14.9. The third-order valence-electron chi connectivity index (χ3n) is 4.58. The summed E-state index contributed by atoms with van der Waals surface area (Å²) in [5.41, 5.74) is 3.87. The van der Waals surface area contributed by atoms with E-state index in [1.54, 1.807) is 12.1 Å². The second-order valence-electron chi connectivity index (χ2n) is 6.50. The van der Waals surface area contributed by atoms with E-state index in [1.165, 1.54) is 0 Å². The van der Waals surface area contributed by atoms with Crippen LogP contribution in [0, 0.1) is 0 Å². The molecule has 1 aliphatic rings. The lowest BCUT2D eigenvalue weighted by molar-refractivity contribution is 0.102. The maximum Gasteiger partial charge on any atom is 0.255 e. The van der Waals surface area contributed by atoms with Gasteiger partial charge in [0.15, 0.2) is 11.5 Å². The third-order valence-corrected chi connectivity index (χ3v) is 4.58. The molecule has 0 aliphatic carbocycles. The highest BCUT2D eigenvalue weighted by molar-refractivity contribution is 6.04. The van der Waals surface area contributed by atoms with Crippen LogP contribution in [0.3, 0.4) is 0 Å². The predicted molar refractivity (Wildman–Crippen MR) is 107 cm³/mol. The first-order chi connectivity index (χ1) is 13.8. The number of imidazole rings is 1. The number of nitrogens with one attached hydrogen (secondary N) is 2. The minimum atomic E-state index is -0.149. The number of ether oxygens (including phenoxy) is 2. The Labute approximate surface area is 161 Å². The number of hydrogen-bond donors (Lipinski definition) is 2. The van der Waals surface area contributed by atoms with Crippen LogP contribution in [-0.4, -0.2) is 29.1 Å². The fraction of sp³-hybridized carbons (Fsp3) is 0.0909. The number of carbonyl (C=O) groups is 1. The number of anilines is 1. The summed E-state index contributed by atoms with van der Waals surface area (Å²) >= 11 is 0. The summed E-state index contributed by atoms with van der Waals surface area (Å²) in [6.45, 7) is 1.08. The topological polar surface area (TPSA) is 76.2 Å². The molecule has 2 N–H and O–H groups in total. The van der Waals surface area contributed by atoms with Crippen LogP contribution in [-0.2, 0) is 0 Å². The molecule has 1 aliphatic heterocycles. The van der Waals surface area contributed by atoms with Crippen molar-refractivity contribution in [2.24, 2.45) is 0 Å². The number of fused-ring (bicyclic) bond motifs is 2. The second kappa shape index (κ2) is 6.74. The lowest BCUT2D eigenvalue weighted by Gasteiger charge is -2.17. The minimum Gasteiger partial charge on any atom is -0.486 e. The van der Waals surface area contributed by atoms with E-state index >= 15 is 0 Å². The summed E-state index contributed by atoms with van der Waals surface area (Å²) in [6, 6.07) is 20.5. The fourth-order valence-corrected chi connectivity index (χ4v) is 3.22. The van der Waals surface area contributed by atoms with Gasteiger partial charge in [0.05, 0.1) is 11.0 Å². The molecule has 0 unspecified atom stereocenters. The number of hydrogen-bond acceptors (Lipinski definition) is 4. The number of H-pyrrole nitrogens is 1. The van der Waals surface area contributed by atoms with Crippen molar-refractivity contribution >= 4 is 22.6 Å². The predicted octanol–water partition coefficient (Wildman–Crippen LogP) is 4.25. The van der Waals surface area contributed by atoms with E-state index < -0.39 is 0 Å². The van der Waals surface area contributed by atoms with Crippen molar-refractivity contribution in [3.63, 3.8) is 0 Å². The molecular formula is C22H17N3O3. The van der Waals surface area contributed by atoms with E-state index in [-0.39, 0.29) is 5.91 Å². The molecule has 0 bridgehead atoms. The van der Waals surface area contributed by atoms with Crippen LogP contribution in [0.2, 0.25) is 0 Å². The molecule has 0 atom stereocenters. The fourth-order valence-electron chi connectivity index (χ4n) is 3.22. The van der Waals surface area contributed by atoms with Crippen molar-refractivity contribution in [2.45, 2.75) is 0 Å². The molecule has 5 rings (SSSR count). The maximum absolute atomic E-state index is 12.4. The lowest BCUT2D eigenvalue weighted by Crippen LogP contribution is -2.15. The van der Waals surface area contributed by atoms with Gasteiger partial charge in [-0.05, 0) is 24.3 Å². The zero-order chi connectivity index (χ0) is 18.9. The number of rotatable bonds is 3. The van der Waals surface area contributed by atoms with Gasteiger partial charge in [0.1, 0.15) is 19.0 Å². The molecule has 0 spiro atoms. The van der Waals surface area contributed by atoms with Crippen LogP contribution in [0.1, 0.15) is 10.4 Å². The van der Waals surface area contributed by atoms with Crippen LogP contribution in [0.15, 0.2) is 66.7 Å². The third kappa shape index (κ3) is 3.05. The number of benzene rings is 3. The molecule has 0 radical (unpaired) electrons. The highest BCUT2D eigenvalue weighted by Gasteiger charge is 2.15. The summed E-state index contributed by atoms with van der Waals surface area (Å²) in [6.07, 6.45) is 0. The molecule has 1 aromatic heterocycles. The first-order valence-corrected chi connectivity index (χ1v) is 9.02. The molecule has 0 saturated carbocycles.